The molecule has 0 radical (unpaired) electrons. The van der Waals surface area contributed by atoms with Crippen molar-refractivity contribution in [1.29, 1.82) is 0 Å². The number of halogens is 1. The van der Waals surface area contributed by atoms with Crippen molar-refractivity contribution in [3.05, 3.63) is 12.2 Å². The molecule has 0 aliphatic carbocycles. The van der Waals surface area contributed by atoms with Crippen LogP contribution in [-0.2, 0) is 13.0 Å². The molecular formula is C15H30IN7. The Bertz CT molecular complexity index is 474. The summed E-state index contributed by atoms with van der Waals surface area (Å²) in [5.41, 5.74) is 0. The Morgan fingerprint density at radius 2 is 2.22 bits per heavy atom. The van der Waals surface area contributed by atoms with E-state index in [9.17, 15) is 0 Å². The quantitative estimate of drug-likeness (QED) is 0.382. The highest BCUT2D eigenvalue weighted by atomic mass is 127. The van der Waals surface area contributed by atoms with E-state index in [1.165, 1.54) is 19.4 Å². The number of hydrogen-bond acceptors (Lipinski definition) is 4. The van der Waals surface area contributed by atoms with Gasteiger partial charge in [-0.25, -0.2) is 0 Å². The molecule has 0 aromatic carbocycles. The van der Waals surface area contributed by atoms with Crippen LogP contribution in [0.2, 0.25) is 0 Å². The van der Waals surface area contributed by atoms with Gasteiger partial charge in [0.25, 0.3) is 0 Å². The third-order valence-corrected chi connectivity index (χ3v) is 4.29. The highest BCUT2D eigenvalue weighted by molar-refractivity contribution is 14.0. The number of guanidine groups is 1. The molecule has 1 unspecified atom stereocenters. The maximum absolute atomic E-state index is 4.30. The predicted octanol–water partition coefficient (Wildman–Crippen LogP) is 1.11. The molecule has 8 heteroatoms. The van der Waals surface area contributed by atoms with E-state index in [1.54, 1.807) is 6.33 Å². The van der Waals surface area contributed by atoms with Crippen molar-refractivity contribution in [2.75, 3.05) is 33.2 Å². The molecule has 1 aromatic rings. The molecular weight excluding hydrogens is 405 g/mol. The first-order chi connectivity index (χ1) is 10.8. The molecule has 1 saturated heterocycles. The minimum atomic E-state index is 0. The smallest absolute Gasteiger partial charge is 0.191 e. The van der Waals surface area contributed by atoms with Gasteiger partial charge in [-0.15, -0.1) is 34.2 Å². The summed E-state index contributed by atoms with van der Waals surface area (Å²) in [6, 6.07) is 0.632. The fraction of sp³-hybridized carbons (Fsp3) is 0.800. The Labute approximate surface area is 156 Å². The Morgan fingerprint density at radius 1 is 1.39 bits per heavy atom. The fourth-order valence-corrected chi connectivity index (χ4v) is 3.01. The summed E-state index contributed by atoms with van der Waals surface area (Å²) in [4.78, 5) is 6.83. The molecule has 0 amide bonds. The molecule has 1 aliphatic heterocycles. The zero-order valence-corrected chi connectivity index (χ0v) is 16.8. The molecule has 7 nitrogen and oxygen atoms in total. The third-order valence-electron chi connectivity index (χ3n) is 4.29. The summed E-state index contributed by atoms with van der Waals surface area (Å²) in [7, 11) is 1.82. The Hall–Kier alpha value is -0.900. The highest BCUT2D eigenvalue weighted by Crippen LogP contribution is 2.15. The van der Waals surface area contributed by atoms with Crippen molar-refractivity contribution >= 4 is 29.9 Å². The number of aryl methyl sites for hydroxylation is 1. The summed E-state index contributed by atoms with van der Waals surface area (Å²) in [5, 5.41) is 14.8. The van der Waals surface area contributed by atoms with Gasteiger partial charge in [0.1, 0.15) is 12.2 Å². The van der Waals surface area contributed by atoms with Gasteiger partial charge in [0, 0.05) is 39.1 Å². The first-order valence-electron chi connectivity index (χ1n) is 8.33. The second-order valence-electron chi connectivity index (χ2n) is 5.60. The molecule has 1 aromatic heterocycles. The van der Waals surface area contributed by atoms with Crippen LogP contribution < -0.4 is 10.6 Å². The van der Waals surface area contributed by atoms with E-state index in [-0.39, 0.29) is 24.0 Å². The Kier molecular flexibility index (Phi) is 9.46. The van der Waals surface area contributed by atoms with Gasteiger partial charge in [-0.2, -0.15) is 0 Å². The van der Waals surface area contributed by atoms with Gasteiger partial charge in [-0.1, -0.05) is 13.8 Å². The normalized spacial score (nSPS) is 18.7. The molecule has 23 heavy (non-hydrogen) atoms. The maximum atomic E-state index is 4.30. The number of likely N-dealkylation sites (N-methyl/N-ethyl adjacent to an activating group) is 1. The van der Waals surface area contributed by atoms with E-state index in [0.29, 0.717) is 6.04 Å². The van der Waals surface area contributed by atoms with Crippen LogP contribution in [-0.4, -0.2) is 64.9 Å². The van der Waals surface area contributed by atoms with Gasteiger partial charge in [-0.3, -0.25) is 9.89 Å². The highest BCUT2D eigenvalue weighted by Gasteiger charge is 2.22. The zero-order chi connectivity index (χ0) is 15.8. The lowest BCUT2D eigenvalue weighted by molar-refractivity contribution is 0.267. The van der Waals surface area contributed by atoms with E-state index in [0.717, 1.165) is 44.4 Å². The van der Waals surface area contributed by atoms with Gasteiger partial charge >= 0.3 is 0 Å². The predicted molar refractivity (Wildman–Crippen MR) is 104 cm³/mol. The molecule has 2 N–H and O–H groups in total. The average Bonchev–Trinajstić information content (AvgIpc) is 3.18. The topological polar surface area (TPSA) is 70.4 Å². The second-order valence-corrected chi connectivity index (χ2v) is 5.60. The molecule has 1 atom stereocenters. The van der Waals surface area contributed by atoms with Crippen LogP contribution in [0.1, 0.15) is 32.5 Å². The van der Waals surface area contributed by atoms with Gasteiger partial charge in [0.05, 0.1) is 0 Å². The molecule has 0 bridgehead atoms. The minimum Gasteiger partial charge on any atom is -0.355 e. The lowest BCUT2D eigenvalue weighted by Gasteiger charge is -2.24. The van der Waals surface area contributed by atoms with Crippen molar-refractivity contribution in [2.24, 2.45) is 4.99 Å². The van der Waals surface area contributed by atoms with E-state index < -0.39 is 0 Å². The standard InChI is InChI=1S/C15H29N7.HI/c1-4-14-20-19-12-22(14)10-8-17-15(16-3)18-11-13-7-6-9-21(13)5-2;/h12-13H,4-11H2,1-3H3,(H2,16,17,18);1H. The van der Waals surface area contributed by atoms with Crippen molar-refractivity contribution in [2.45, 2.75) is 45.7 Å². The molecule has 132 valence electrons. The molecule has 2 heterocycles. The van der Waals surface area contributed by atoms with Gasteiger partial charge in [0.15, 0.2) is 5.96 Å². The molecule has 0 spiro atoms. The third kappa shape index (κ3) is 5.91. The van der Waals surface area contributed by atoms with Crippen LogP contribution in [0.5, 0.6) is 0 Å². The number of hydrogen-bond donors (Lipinski definition) is 2. The number of nitrogens with one attached hydrogen (secondary N) is 2. The van der Waals surface area contributed by atoms with Crippen molar-refractivity contribution in [3.63, 3.8) is 0 Å². The van der Waals surface area contributed by atoms with E-state index >= 15 is 0 Å². The van der Waals surface area contributed by atoms with Crippen LogP contribution in [0.25, 0.3) is 0 Å². The van der Waals surface area contributed by atoms with Crippen molar-refractivity contribution < 1.29 is 0 Å². The average molecular weight is 435 g/mol. The summed E-state index contributed by atoms with van der Waals surface area (Å²) in [6.45, 7) is 9.30. The summed E-state index contributed by atoms with van der Waals surface area (Å²) >= 11 is 0. The first kappa shape index (κ1) is 20.1. The number of rotatable bonds is 7. The molecule has 0 saturated carbocycles. The van der Waals surface area contributed by atoms with Crippen LogP contribution in [0.3, 0.4) is 0 Å². The van der Waals surface area contributed by atoms with E-state index in [1.807, 2.05) is 7.05 Å². The van der Waals surface area contributed by atoms with Crippen LogP contribution >= 0.6 is 24.0 Å². The van der Waals surface area contributed by atoms with Gasteiger partial charge in [-0.05, 0) is 25.9 Å². The van der Waals surface area contributed by atoms with E-state index in [4.69, 9.17) is 0 Å². The lowest BCUT2D eigenvalue weighted by atomic mass is 10.2. The van der Waals surface area contributed by atoms with Gasteiger partial charge in [0.2, 0.25) is 0 Å². The number of likely N-dealkylation sites (tertiary alicyclic amines) is 1. The monoisotopic (exact) mass is 435 g/mol. The van der Waals surface area contributed by atoms with Gasteiger partial charge < -0.3 is 15.2 Å². The zero-order valence-electron chi connectivity index (χ0n) is 14.5. The molecule has 1 fully saturated rings. The van der Waals surface area contributed by atoms with Crippen LogP contribution in [0.15, 0.2) is 11.3 Å². The lowest BCUT2D eigenvalue weighted by Crippen LogP contribution is -2.45. The van der Waals surface area contributed by atoms with Crippen molar-refractivity contribution in [1.82, 2.24) is 30.3 Å². The SMILES string of the molecule is CCc1nncn1CCNC(=NC)NCC1CCCN1CC.I. The molecule has 2 rings (SSSR count). The second kappa shape index (κ2) is 10.8. The number of aliphatic imine (C=N–C) groups is 1. The van der Waals surface area contributed by atoms with Crippen LogP contribution in [0, 0.1) is 0 Å². The van der Waals surface area contributed by atoms with Crippen LogP contribution in [0.4, 0.5) is 0 Å². The van der Waals surface area contributed by atoms with Crippen molar-refractivity contribution in [3.8, 4) is 0 Å². The Morgan fingerprint density at radius 3 is 2.91 bits per heavy atom. The fourth-order valence-electron chi connectivity index (χ4n) is 3.01. The number of nitrogens with zero attached hydrogens (tertiary/aromatic N) is 5. The van der Waals surface area contributed by atoms with E-state index in [2.05, 4.69) is 49.1 Å². The Balaban J connectivity index is 0.00000264. The summed E-state index contributed by atoms with van der Waals surface area (Å²) < 4.78 is 2.08. The molecule has 1 aliphatic rings. The number of aromatic nitrogens is 3. The summed E-state index contributed by atoms with van der Waals surface area (Å²) in [5.74, 6) is 1.89. The maximum Gasteiger partial charge on any atom is 0.191 e. The largest absolute Gasteiger partial charge is 0.355 e. The first-order valence-corrected chi connectivity index (χ1v) is 8.33. The summed E-state index contributed by atoms with van der Waals surface area (Å²) in [6.07, 6.45) is 5.27. The minimum absolute atomic E-state index is 0.